The van der Waals surface area contributed by atoms with Gasteiger partial charge >= 0.3 is 5.97 Å². The highest BCUT2D eigenvalue weighted by Crippen LogP contribution is 2.29. The molecule has 0 atom stereocenters. The van der Waals surface area contributed by atoms with Crippen LogP contribution in [-0.4, -0.2) is 15.6 Å². The summed E-state index contributed by atoms with van der Waals surface area (Å²) in [6.45, 7) is 2.73. The molecule has 21 heavy (non-hydrogen) atoms. The molecule has 0 saturated carbocycles. The van der Waals surface area contributed by atoms with E-state index < -0.39 is 5.97 Å². The minimum atomic E-state index is -0.907. The number of carboxylic acids is 1. The van der Waals surface area contributed by atoms with Crippen molar-refractivity contribution in [1.29, 1.82) is 0 Å². The fourth-order valence-electron chi connectivity index (χ4n) is 2.58. The summed E-state index contributed by atoms with van der Waals surface area (Å²) in [7, 11) is 0. The van der Waals surface area contributed by atoms with Crippen molar-refractivity contribution in [3.05, 3.63) is 59.2 Å². The Labute approximate surface area is 127 Å². The summed E-state index contributed by atoms with van der Waals surface area (Å²) < 4.78 is 1.94. The van der Waals surface area contributed by atoms with E-state index in [0.717, 1.165) is 28.6 Å². The number of aromatic nitrogens is 1. The highest BCUT2D eigenvalue weighted by Gasteiger charge is 2.14. The standard InChI is InChI=1S/C17H14ClNO2/c1-2-19-10-15(17(20)21)14-9-12(6-7-16(14)19)11-4-3-5-13(18)8-11/h3-10H,2H2,1H3,(H,20,21). The molecule has 3 rings (SSSR count). The first-order valence-corrected chi connectivity index (χ1v) is 7.10. The summed E-state index contributed by atoms with van der Waals surface area (Å²) >= 11 is 6.02. The Morgan fingerprint density at radius 1 is 1.19 bits per heavy atom. The smallest absolute Gasteiger partial charge is 0.337 e. The molecule has 4 heteroatoms. The van der Waals surface area contributed by atoms with Gasteiger partial charge in [0.15, 0.2) is 0 Å². The molecular weight excluding hydrogens is 286 g/mol. The number of carbonyl (C=O) groups is 1. The maximum Gasteiger partial charge on any atom is 0.337 e. The summed E-state index contributed by atoms with van der Waals surface area (Å²) in [6.07, 6.45) is 1.69. The molecule has 2 aromatic carbocycles. The van der Waals surface area contributed by atoms with Crippen molar-refractivity contribution in [3.8, 4) is 11.1 Å². The van der Waals surface area contributed by atoms with E-state index >= 15 is 0 Å². The number of fused-ring (bicyclic) bond motifs is 1. The Morgan fingerprint density at radius 3 is 2.62 bits per heavy atom. The molecule has 0 aliphatic carbocycles. The first-order chi connectivity index (χ1) is 10.1. The van der Waals surface area contributed by atoms with Gasteiger partial charge in [0.25, 0.3) is 0 Å². The van der Waals surface area contributed by atoms with Crippen LogP contribution in [0.3, 0.4) is 0 Å². The van der Waals surface area contributed by atoms with Crippen molar-refractivity contribution in [2.75, 3.05) is 0 Å². The molecular formula is C17H14ClNO2. The molecule has 0 saturated heterocycles. The van der Waals surface area contributed by atoms with Crippen LogP contribution in [0.15, 0.2) is 48.7 Å². The Balaban J connectivity index is 2.24. The molecule has 106 valence electrons. The lowest BCUT2D eigenvalue weighted by atomic mass is 10.0. The lowest BCUT2D eigenvalue weighted by Gasteiger charge is -2.05. The number of nitrogens with zero attached hydrogens (tertiary/aromatic N) is 1. The maximum atomic E-state index is 11.4. The third-order valence-corrected chi connectivity index (χ3v) is 3.85. The number of aryl methyl sites for hydroxylation is 1. The predicted octanol–water partition coefficient (Wildman–Crippen LogP) is 4.68. The average molecular weight is 300 g/mol. The Kier molecular flexibility index (Phi) is 3.43. The number of hydrogen-bond donors (Lipinski definition) is 1. The normalized spacial score (nSPS) is 11.0. The van der Waals surface area contributed by atoms with Gasteiger partial charge < -0.3 is 9.67 Å². The van der Waals surface area contributed by atoms with Crippen molar-refractivity contribution in [3.63, 3.8) is 0 Å². The van der Waals surface area contributed by atoms with Gasteiger partial charge in [0.2, 0.25) is 0 Å². The summed E-state index contributed by atoms with van der Waals surface area (Å²) in [6, 6.07) is 13.4. The zero-order valence-corrected chi connectivity index (χ0v) is 12.3. The third kappa shape index (κ3) is 2.41. The molecule has 1 heterocycles. The van der Waals surface area contributed by atoms with Crippen LogP contribution in [0.25, 0.3) is 22.0 Å². The SMILES string of the molecule is CCn1cc(C(=O)O)c2cc(-c3cccc(Cl)c3)ccc21. The maximum absolute atomic E-state index is 11.4. The van der Waals surface area contributed by atoms with Crippen molar-refractivity contribution < 1.29 is 9.90 Å². The van der Waals surface area contributed by atoms with Crippen LogP contribution in [0, 0.1) is 0 Å². The van der Waals surface area contributed by atoms with Crippen molar-refractivity contribution in [1.82, 2.24) is 4.57 Å². The second kappa shape index (κ2) is 5.26. The van der Waals surface area contributed by atoms with Gasteiger partial charge in [-0.25, -0.2) is 4.79 Å². The van der Waals surface area contributed by atoms with E-state index in [1.165, 1.54) is 0 Å². The van der Waals surface area contributed by atoms with E-state index in [-0.39, 0.29) is 0 Å². The number of aromatic carboxylic acids is 1. The van der Waals surface area contributed by atoms with Crippen LogP contribution in [-0.2, 0) is 6.54 Å². The topological polar surface area (TPSA) is 42.2 Å². The fraction of sp³-hybridized carbons (Fsp3) is 0.118. The predicted molar refractivity (Wildman–Crippen MR) is 85.0 cm³/mol. The Bertz CT molecular complexity index is 836. The second-order valence-electron chi connectivity index (χ2n) is 4.88. The van der Waals surface area contributed by atoms with Gasteiger partial charge in [-0.15, -0.1) is 0 Å². The Morgan fingerprint density at radius 2 is 1.95 bits per heavy atom. The van der Waals surface area contributed by atoms with Gasteiger partial charge in [-0.05, 0) is 42.3 Å². The molecule has 0 unspecified atom stereocenters. The second-order valence-corrected chi connectivity index (χ2v) is 5.31. The quantitative estimate of drug-likeness (QED) is 0.763. The molecule has 3 aromatic rings. The summed E-state index contributed by atoms with van der Waals surface area (Å²) in [5.41, 5.74) is 3.20. The fourth-order valence-corrected chi connectivity index (χ4v) is 2.77. The molecule has 1 N–H and O–H groups in total. The lowest BCUT2D eigenvalue weighted by molar-refractivity contribution is 0.0699. The summed E-state index contributed by atoms with van der Waals surface area (Å²) in [5.74, 6) is -0.907. The number of rotatable bonds is 3. The number of benzene rings is 2. The third-order valence-electron chi connectivity index (χ3n) is 3.61. The minimum Gasteiger partial charge on any atom is -0.478 e. The van der Waals surface area contributed by atoms with Crippen molar-refractivity contribution in [2.24, 2.45) is 0 Å². The van der Waals surface area contributed by atoms with Gasteiger partial charge in [0.1, 0.15) is 0 Å². The number of hydrogen-bond acceptors (Lipinski definition) is 1. The lowest BCUT2D eigenvalue weighted by Crippen LogP contribution is -1.94. The number of carboxylic acid groups (broad SMARTS) is 1. The largest absolute Gasteiger partial charge is 0.478 e. The molecule has 0 fully saturated rings. The summed E-state index contributed by atoms with van der Waals surface area (Å²) in [4.78, 5) is 11.4. The van der Waals surface area contributed by atoms with E-state index in [2.05, 4.69) is 0 Å². The van der Waals surface area contributed by atoms with Crippen LogP contribution < -0.4 is 0 Å². The molecule has 0 aliphatic heterocycles. The van der Waals surface area contributed by atoms with Crippen molar-refractivity contribution in [2.45, 2.75) is 13.5 Å². The van der Waals surface area contributed by atoms with Gasteiger partial charge in [0.05, 0.1) is 5.56 Å². The molecule has 0 radical (unpaired) electrons. The van der Waals surface area contributed by atoms with E-state index in [0.29, 0.717) is 10.6 Å². The molecule has 1 aromatic heterocycles. The van der Waals surface area contributed by atoms with E-state index in [9.17, 15) is 9.90 Å². The van der Waals surface area contributed by atoms with Crippen LogP contribution >= 0.6 is 11.6 Å². The Hall–Kier alpha value is -2.26. The van der Waals surface area contributed by atoms with Crippen LogP contribution in [0.5, 0.6) is 0 Å². The molecule has 3 nitrogen and oxygen atoms in total. The summed E-state index contributed by atoms with van der Waals surface area (Å²) in [5, 5.41) is 10.8. The van der Waals surface area contributed by atoms with Gasteiger partial charge in [-0.3, -0.25) is 0 Å². The van der Waals surface area contributed by atoms with Crippen molar-refractivity contribution >= 4 is 28.5 Å². The number of halogens is 1. The average Bonchev–Trinajstić information content (AvgIpc) is 2.85. The zero-order chi connectivity index (χ0) is 15.0. The molecule has 0 aliphatic rings. The first-order valence-electron chi connectivity index (χ1n) is 6.72. The van der Waals surface area contributed by atoms with Gasteiger partial charge in [-0.2, -0.15) is 0 Å². The zero-order valence-electron chi connectivity index (χ0n) is 11.5. The minimum absolute atomic E-state index is 0.329. The first kappa shape index (κ1) is 13.7. The highest BCUT2D eigenvalue weighted by atomic mass is 35.5. The monoisotopic (exact) mass is 299 g/mol. The molecule has 0 spiro atoms. The van der Waals surface area contributed by atoms with E-state index in [4.69, 9.17) is 11.6 Å². The van der Waals surface area contributed by atoms with Crippen LogP contribution in [0.1, 0.15) is 17.3 Å². The van der Waals surface area contributed by atoms with Gasteiger partial charge in [0, 0.05) is 28.7 Å². The molecule has 0 amide bonds. The van der Waals surface area contributed by atoms with Crippen LogP contribution in [0.4, 0.5) is 0 Å². The molecule has 0 bridgehead atoms. The van der Waals surface area contributed by atoms with Gasteiger partial charge in [-0.1, -0.05) is 29.8 Å². The highest BCUT2D eigenvalue weighted by molar-refractivity contribution is 6.30. The van der Waals surface area contributed by atoms with Crippen LogP contribution in [0.2, 0.25) is 5.02 Å². The van der Waals surface area contributed by atoms with E-state index in [1.807, 2.05) is 54.0 Å². The van der Waals surface area contributed by atoms with E-state index in [1.54, 1.807) is 6.20 Å².